The number of ketones is 1. The molecule has 2 aromatic rings. The molecule has 0 saturated carbocycles. The van der Waals surface area contributed by atoms with Crippen LogP contribution in [-0.4, -0.2) is 17.4 Å². The summed E-state index contributed by atoms with van der Waals surface area (Å²) in [6.45, 7) is 1.81. The number of anilines is 1. The van der Waals surface area contributed by atoms with Gasteiger partial charge in [0.05, 0.1) is 11.7 Å². The van der Waals surface area contributed by atoms with Gasteiger partial charge >= 0.3 is 0 Å². The number of thioether (sulfide) groups is 1. The molecule has 0 bridgehead atoms. The van der Waals surface area contributed by atoms with Gasteiger partial charge in [0.1, 0.15) is 0 Å². The summed E-state index contributed by atoms with van der Waals surface area (Å²) in [6.07, 6.45) is 1.40. The zero-order valence-corrected chi connectivity index (χ0v) is 12.7. The summed E-state index contributed by atoms with van der Waals surface area (Å²) in [5, 5.41) is 14.8. The maximum Gasteiger partial charge on any atom is 0.251 e. The maximum atomic E-state index is 12.3. The van der Waals surface area contributed by atoms with E-state index in [1.165, 1.54) is 18.0 Å². The molecule has 0 saturated heterocycles. The second-order valence-corrected chi connectivity index (χ2v) is 6.09. The van der Waals surface area contributed by atoms with Gasteiger partial charge in [0, 0.05) is 23.4 Å². The van der Waals surface area contributed by atoms with Crippen molar-refractivity contribution in [2.24, 2.45) is 0 Å². The summed E-state index contributed by atoms with van der Waals surface area (Å²) in [5.74, 6) is -0.178. The minimum absolute atomic E-state index is 0.0503. The zero-order chi connectivity index (χ0) is 15.7. The predicted molar refractivity (Wildman–Crippen MR) is 83.9 cm³/mol. The largest absolute Gasteiger partial charge is 0.618 e. The number of aromatic nitrogens is 1. The Morgan fingerprint density at radius 3 is 2.95 bits per heavy atom. The van der Waals surface area contributed by atoms with E-state index in [4.69, 9.17) is 0 Å². The van der Waals surface area contributed by atoms with Gasteiger partial charge in [0.2, 0.25) is 5.91 Å². The number of amides is 1. The second-order valence-electron chi connectivity index (χ2n) is 5.09. The van der Waals surface area contributed by atoms with Crippen LogP contribution in [0.15, 0.2) is 47.6 Å². The van der Waals surface area contributed by atoms with Gasteiger partial charge in [-0.1, -0.05) is 0 Å². The van der Waals surface area contributed by atoms with Crippen molar-refractivity contribution in [1.29, 1.82) is 0 Å². The van der Waals surface area contributed by atoms with E-state index in [0.717, 1.165) is 16.0 Å². The smallest absolute Gasteiger partial charge is 0.251 e. The molecule has 1 aliphatic heterocycles. The van der Waals surface area contributed by atoms with E-state index in [1.54, 1.807) is 36.4 Å². The van der Waals surface area contributed by atoms with Crippen LogP contribution in [0.2, 0.25) is 0 Å². The Morgan fingerprint density at radius 2 is 2.18 bits per heavy atom. The summed E-state index contributed by atoms with van der Waals surface area (Å²) < 4.78 is 0.741. The molecule has 2 heterocycles. The lowest BCUT2D eigenvalue weighted by atomic mass is 9.99. The standard InChI is InChI=1S/C16H14N2O3S/c1-10-12-8-11(5-6-13(12)17-16(10)20)14(19)9-22-15-4-2-3-7-18(15)21/h2-8,10H,9H2,1H3,(H,17,20)/t10-/m1/s1. The molecule has 1 amide bonds. The molecule has 5 nitrogen and oxygen atoms in total. The average molecular weight is 314 g/mol. The number of pyridine rings is 1. The Bertz CT molecular complexity index is 761. The van der Waals surface area contributed by atoms with E-state index in [-0.39, 0.29) is 23.4 Å². The first kappa shape index (κ1) is 14.6. The minimum atomic E-state index is -0.242. The quantitative estimate of drug-likeness (QED) is 0.407. The molecular weight excluding hydrogens is 300 g/mol. The van der Waals surface area contributed by atoms with E-state index in [1.807, 2.05) is 6.92 Å². The van der Waals surface area contributed by atoms with Crippen LogP contribution < -0.4 is 10.0 Å². The molecular formula is C16H14N2O3S. The second kappa shape index (κ2) is 5.81. The summed E-state index contributed by atoms with van der Waals surface area (Å²) in [5.41, 5.74) is 2.17. The zero-order valence-electron chi connectivity index (χ0n) is 11.9. The van der Waals surface area contributed by atoms with Gasteiger partial charge in [-0.25, -0.2) is 0 Å². The molecule has 6 heteroatoms. The lowest BCUT2D eigenvalue weighted by Gasteiger charge is -2.06. The Kier molecular flexibility index (Phi) is 3.85. The van der Waals surface area contributed by atoms with Crippen LogP contribution in [0.4, 0.5) is 5.69 Å². The van der Waals surface area contributed by atoms with Crippen LogP contribution in [-0.2, 0) is 4.79 Å². The monoisotopic (exact) mass is 314 g/mol. The van der Waals surface area contributed by atoms with Crippen LogP contribution in [0.1, 0.15) is 28.8 Å². The number of nitrogens with one attached hydrogen (secondary N) is 1. The third-order valence-electron chi connectivity index (χ3n) is 3.63. The molecule has 0 fully saturated rings. The van der Waals surface area contributed by atoms with Crippen molar-refractivity contribution in [2.45, 2.75) is 17.9 Å². The summed E-state index contributed by atoms with van der Waals surface area (Å²) in [4.78, 5) is 23.9. The fourth-order valence-electron chi connectivity index (χ4n) is 2.34. The Labute approximate surface area is 131 Å². The highest BCUT2D eigenvalue weighted by molar-refractivity contribution is 7.99. The third kappa shape index (κ3) is 2.69. The SMILES string of the molecule is C[C@H]1C(=O)Nc2ccc(C(=O)CSc3cccc[n+]3[O-])cc21. The van der Waals surface area contributed by atoms with E-state index in [9.17, 15) is 14.8 Å². The van der Waals surface area contributed by atoms with Crippen LogP contribution in [0.25, 0.3) is 0 Å². The molecule has 1 aromatic heterocycles. The first-order valence-corrected chi connectivity index (χ1v) is 7.84. The molecule has 1 aliphatic rings. The van der Waals surface area contributed by atoms with Gasteiger partial charge < -0.3 is 10.5 Å². The highest BCUT2D eigenvalue weighted by Gasteiger charge is 2.27. The van der Waals surface area contributed by atoms with Gasteiger partial charge in [-0.15, -0.1) is 0 Å². The number of hydrogen-bond donors (Lipinski definition) is 1. The number of rotatable bonds is 4. The van der Waals surface area contributed by atoms with Crippen LogP contribution in [0, 0.1) is 5.21 Å². The summed E-state index contributed by atoms with van der Waals surface area (Å²) in [7, 11) is 0. The fraction of sp³-hybridized carbons (Fsp3) is 0.188. The third-order valence-corrected chi connectivity index (χ3v) is 4.65. The Balaban J connectivity index is 1.74. The maximum absolute atomic E-state index is 12.3. The molecule has 3 rings (SSSR count). The van der Waals surface area contributed by atoms with Crippen molar-refractivity contribution < 1.29 is 14.3 Å². The van der Waals surface area contributed by atoms with Gasteiger partial charge in [0.25, 0.3) is 5.03 Å². The molecule has 0 unspecified atom stereocenters. The van der Waals surface area contributed by atoms with E-state index in [0.29, 0.717) is 10.6 Å². The Morgan fingerprint density at radius 1 is 1.36 bits per heavy atom. The van der Waals surface area contributed by atoms with Crippen molar-refractivity contribution in [3.63, 3.8) is 0 Å². The topological polar surface area (TPSA) is 73.1 Å². The van der Waals surface area contributed by atoms with Crippen molar-refractivity contribution in [1.82, 2.24) is 0 Å². The summed E-state index contributed by atoms with van der Waals surface area (Å²) in [6, 6.07) is 10.3. The highest BCUT2D eigenvalue weighted by atomic mass is 32.2. The number of Topliss-reactive ketones (excluding diaryl/α,β-unsaturated/α-hetero) is 1. The molecule has 1 atom stereocenters. The van der Waals surface area contributed by atoms with E-state index < -0.39 is 0 Å². The molecule has 1 N–H and O–H groups in total. The fourth-order valence-corrected chi connectivity index (χ4v) is 3.15. The Hall–Kier alpha value is -2.34. The molecule has 0 aliphatic carbocycles. The van der Waals surface area contributed by atoms with Crippen molar-refractivity contribution >= 4 is 29.1 Å². The molecule has 1 aromatic carbocycles. The summed E-state index contributed by atoms with van der Waals surface area (Å²) >= 11 is 1.20. The number of carbonyl (C=O) groups excluding carboxylic acids is 2. The number of fused-ring (bicyclic) bond motifs is 1. The molecule has 0 spiro atoms. The van der Waals surface area contributed by atoms with Crippen LogP contribution in [0.5, 0.6) is 0 Å². The molecule has 112 valence electrons. The average Bonchev–Trinajstić information content (AvgIpc) is 2.81. The predicted octanol–water partition coefficient (Wildman–Crippen LogP) is 2.35. The number of benzene rings is 1. The van der Waals surface area contributed by atoms with Crippen molar-refractivity contribution in [2.75, 3.05) is 11.1 Å². The minimum Gasteiger partial charge on any atom is -0.618 e. The molecule has 0 radical (unpaired) electrons. The normalized spacial score (nSPS) is 16.2. The highest BCUT2D eigenvalue weighted by Crippen LogP contribution is 2.33. The number of nitrogens with zero attached hydrogens (tertiary/aromatic N) is 1. The lowest BCUT2D eigenvalue weighted by Crippen LogP contribution is -2.28. The van der Waals surface area contributed by atoms with Gasteiger partial charge in [-0.3, -0.25) is 9.59 Å². The first-order valence-electron chi connectivity index (χ1n) is 6.85. The first-order chi connectivity index (χ1) is 10.6. The number of hydrogen-bond acceptors (Lipinski definition) is 4. The lowest BCUT2D eigenvalue weighted by molar-refractivity contribution is -0.645. The number of carbonyl (C=O) groups is 2. The van der Waals surface area contributed by atoms with Crippen molar-refractivity contribution in [3.8, 4) is 0 Å². The van der Waals surface area contributed by atoms with E-state index >= 15 is 0 Å². The molecule has 22 heavy (non-hydrogen) atoms. The van der Waals surface area contributed by atoms with Gasteiger partial charge in [-0.05, 0) is 48.5 Å². The van der Waals surface area contributed by atoms with Crippen LogP contribution >= 0.6 is 11.8 Å². The van der Waals surface area contributed by atoms with Gasteiger partial charge in [0.15, 0.2) is 12.0 Å². The van der Waals surface area contributed by atoms with Gasteiger partial charge in [-0.2, -0.15) is 4.73 Å². The van der Waals surface area contributed by atoms with Crippen LogP contribution in [0.3, 0.4) is 0 Å². The van der Waals surface area contributed by atoms with Crippen molar-refractivity contribution in [3.05, 3.63) is 58.9 Å². The van der Waals surface area contributed by atoms with E-state index in [2.05, 4.69) is 5.32 Å².